The van der Waals surface area contributed by atoms with Gasteiger partial charge >= 0.3 is 5.97 Å². The second kappa shape index (κ2) is 7.95. The molecule has 0 atom stereocenters. The van der Waals surface area contributed by atoms with Crippen molar-refractivity contribution in [2.24, 2.45) is 4.99 Å². The molecule has 0 aliphatic rings. The molecule has 0 unspecified atom stereocenters. The van der Waals surface area contributed by atoms with E-state index in [1.54, 1.807) is 23.6 Å². The predicted octanol–water partition coefficient (Wildman–Crippen LogP) is 3.65. The van der Waals surface area contributed by atoms with Crippen LogP contribution in [0.4, 0.5) is 0 Å². The van der Waals surface area contributed by atoms with Gasteiger partial charge in [-0.1, -0.05) is 29.0 Å². The molecule has 1 amide bonds. The summed E-state index contributed by atoms with van der Waals surface area (Å²) in [5, 5.41) is 2.51. The molecule has 2 heterocycles. The summed E-state index contributed by atoms with van der Waals surface area (Å²) < 4.78 is 7.58. The molecule has 0 saturated heterocycles. The van der Waals surface area contributed by atoms with E-state index in [4.69, 9.17) is 16.3 Å². The number of benzene rings is 1. The number of aromatic nitrogens is 1. The van der Waals surface area contributed by atoms with Gasteiger partial charge in [0.2, 0.25) is 0 Å². The third-order valence-electron chi connectivity index (χ3n) is 3.36. The number of esters is 1. The van der Waals surface area contributed by atoms with Gasteiger partial charge in [0.1, 0.15) is 6.54 Å². The van der Waals surface area contributed by atoms with Crippen LogP contribution in [0.1, 0.15) is 11.8 Å². The molecule has 25 heavy (non-hydrogen) atoms. The molecule has 130 valence electrons. The lowest BCUT2D eigenvalue weighted by Gasteiger charge is -2.05. The Morgan fingerprint density at radius 2 is 2.16 bits per heavy atom. The summed E-state index contributed by atoms with van der Waals surface area (Å²) in [7, 11) is 0. The average molecular weight is 395 g/mol. The van der Waals surface area contributed by atoms with Crippen molar-refractivity contribution in [1.82, 2.24) is 4.57 Å². The number of hydrogen-bond acceptors (Lipinski definition) is 5. The Morgan fingerprint density at radius 1 is 1.32 bits per heavy atom. The molecule has 0 N–H and O–H groups in total. The smallest absolute Gasteiger partial charge is 0.326 e. The van der Waals surface area contributed by atoms with Gasteiger partial charge in [0.15, 0.2) is 4.80 Å². The average Bonchev–Trinajstić information content (AvgIpc) is 3.16. The summed E-state index contributed by atoms with van der Waals surface area (Å²) in [6.45, 7) is 2.06. The Kier molecular flexibility index (Phi) is 5.67. The summed E-state index contributed by atoms with van der Waals surface area (Å²) in [5.74, 6) is -0.623. The fourth-order valence-electron chi connectivity index (χ4n) is 2.33. The number of nitrogens with zero attached hydrogens (tertiary/aromatic N) is 2. The van der Waals surface area contributed by atoms with Crippen molar-refractivity contribution in [3.63, 3.8) is 0 Å². The summed E-state index contributed by atoms with van der Waals surface area (Å²) in [6, 6.07) is 9.16. The molecular formula is C17H15ClN2O3S2. The molecule has 0 fully saturated rings. The lowest BCUT2D eigenvalue weighted by atomic mass is 10.3. The van der Waals surface area contributed by atoms with Gasteiger partial charge in [-0.25, -0.2) is 0 Å². The topological polar surface area (TPSA) is 60.7 Å². The van der Waals surface area contributed by atoms with Crippen molar-refractivity contribution in [2.45, 2.75) is 19.9 Å². The Balaban J connectivity index is 2.01. The molecule has 0 aliphatic heterocycles. The maximum atomic E-state index is 12.3. The van der Waals surface area contributed by atoms with Crippen LogP contribution in [0.15, 0.2) is 40.7 Å². The Morgan fingerprint density at radius 3 is 2.88 bits per heavy atom. The highest BCUT2D eigenvalue weighted by molar-refractivity contribution is 7.16. The van der Waals surface area contributed by atoms with Gasteiger partial charge in [0, 0.05) is 9.90 Å². The van der Waals surface area contributed by atoms with E-state index in [0.29, 0.717) is 16.4 Å². The van der Waals surface area contributed by atoms with Crippen molar-refractivity contribution >= 4 is 56.4 Å². The third-order valence-corrected chi connectivity index (χ3v) is 5.52. The molecule has 3 rings (SSSR count). The third kappa shape index (κ3) is 4.36. The lowest BCUT2D eigenvalue weighted by molar-refractivity contribution is -0.143. The van der Waals surface area contributed by atoms with Crippen molar-refractivity contribution < 1.29 is 14.3 Å². The Bertz CT molecular complexity index is 974. The maximum Gasteiger partial charge on any atom is 0.326 e. The molecule has 5 nitrogen and oxygen atoms in total. The van der Waals surface area contributed by atoms with E-state index in [1.807, 2.05) is 23.6 Å². The second-order valence-electron chi connectivity index (χ2n) is 5.15. The minimum absolute atomic E-state index is 0.000583. The second-order valence-corrected chi connectivity index (χ2v) is 7.63. The lowest BCUT2D eigenvalue weighted by Crippen LogP contribution is -2.23. The number of amides is 1. The molecule has 3 aromatic rings. The van der Waals surface area contributed by atoms with Crippen LogP contribution < -0.4 is 4.80 Å². The van der Waals surface area contributed by atoms with Gasteiger partial charge in [-0.2, -0.15) is 4.99 Å². The van der Waals surface area contributed by atoms with E-state index in [-0.39, 0.29) is 24.8 Å². The van der Waals surface area contributed by atoms with Crippen molar-refractivity contribution in [1.29, 1.82) is 0 Å². The first-order valence-electron chi connectivity index (χ1n) is 7.61. The quantitative estimate of drug-likeness (QED) is 0.620. The number of carbonyl (C=O) groups is 2. The maximum absolute atomic E-state index is 12.3. The molecule has 0 bridgehead atoms. The van der Waals surface area contributed by atoms with Crippen LogP contribution in [0.2, 0.25) is 5.02 Å². The zero-order valence-electron chi connectivity index (χ0n) is 13.4. The summed E-state index contributed by atoms with van der Waals surface area (Å²) in [4.78, 5) is 29.8. The fraction of sp³-hybridized carbons (Fsp3) is 0.235. The van der Waals surface area contributed by atoms with Crippen LogP contribution in [0.25, 0.3) is 10.2 Å². The molecule has 8 heteroatoms. The van der Waals surface area contributed by atoms with Gasteiger partial charge in [0.05, 0.1) is 23.2 Å². The van der Waals surface area contributed by atoms with Gasteiger partial charge in [0.25, 0.3) is 5.91 Å². The van der Waals surface area contributed by atoms with E-state index >= 15 is 0 Å². The van der Waals surface area contributed by atoms with Crippen LogP contribution in [-0.4, -0.2) is 23.1 Å². The molecule has 2 aromatic heterocycles. The van der Waals surface area contributed by atoms with Crippen LogP contribution in [0, 0.1) is 0 Å². The SMILES string of the molecule is CCOC(=O)Cn1c(=NC(=O)Cc2cccs2)sc2cc(Cl)ccc21. The number of carbonyl (C=O) groups excluding carboxylic acids is 2. The normalized spacial score (nSPS) is 11.8. The highest BCUT2D eigenvalue weighted by atomic mass is 35.5. The summed E-state index contributed by atoms with van der Waals surface area (Å²) >= 11 is 8.89. The van der Waals surface area contributed by atoms with Crippen molar-refractivity contribution in [3.8, 4) is 0 Å². The van der Waals surface area contributed by atoms with Crippen molar-refractivity contribution in [3.05, 3.63) is 50.4 Å². The van der Waals surface area contributed by atoms with Crippen molar-refractivity contribution in [2.75, 3.05) is 6.61 Å². The van der Waals surface area contributed by atoms with E-state index < -0.39 is 0 Å². The highest BCUT2D eigenvalue weighted by Gasteiger charge is 2.13. The van der Waals surface area contributed by atoms with Gasteiger partial charge < -0.3 is 9.30 Å². The van der Waals surface area contributed by atoms with Crippen LogP contribution in [0.3, 0.4) is 0 Å². The first-order valence-corrected chi connectivity index (χ1v) is 9.68. The zero-order chi connectivity index (χ0) is 17.8. The minimum atomic E-state index is -0.371. The number of rotatable bonds is 5. The number of thiophene rings is 1. The molecule has 1 aromatic carbocycles. The number of fused-ring (bicyclic) bond motifs is 1. The molecule has 0 aliphatic carbocycles. The van der Waals surface area contributed by atoms with Crippen LogP contribution in [-0.2, 0) is 27.3 Å². The van der Waals surface area contributed by atoms with E-state index in [0.717, 1.165) is 15.1 Å². The Labute approximate surface area is 157 Å². The van der Waals surface area contributed by atoms with E-state index in [2.05, 4.69) is 4.99 Å². The predicted molar refractivity (Wildman–Crippen MR) is 100 cm³/mol. The fourth-order valence-corrected chi connectivity index (χ4v) is 4.35. The van der Waals surface area contributed by atoms with Crippen LogP contribution in [0.5, 0.6) is 0 Å². The van der Waals surface area contributed by atoms with E-state index in [9.17, 15) is 9.59 Å². The Hall–Kier alpha value is -1.96. The standard InChI is InChI=1S/C17H15ClN2O3S2/c1-2-23-16(22)10-20-13-6-5-11(18)8-14(13)25-17(20)19-15(21)9-12-4-3-7-24-12/h3-8H,2,9-10H2,1H3. The first kappa shape index (κ1) is 17.8. The number of thiazole rings is 1. The minimum Gasteiger partial charge on any atom is -0.465 e. The summed E-state index contributed by atoms with van der Waals surface area (Å²) in [5.41, 5.74) is 0.796. The molecular weight excluding hydrogens is 380 g/mol. The number of hydrogen-bond donors (Lipinski definition) is 0. The monoisotopic (exact) mass is 394 g/mol. The van der Waals surface area contributed by atoms with Gasteiger partial charge in [-0.15, -0.1) is 11.3 Å². The first-order chi connectivity index (χ1) is 12.1. The van der Waals surface area contributed by atoms with Gasteiger partial charge in [-0.05, 0) is 36.6 Å². The zero-order valence-corrected chi connectivity index (χ0v) is 15.8. The van der Waals surface area contributed by atoms with Gasteiger partial charge in [-0.3, -0.25) is 9.59 Å². The summed E-state index contributed by atoms with van der Waals surface area (Å²) in [6.07, 6.45) is 0.242. The van der Waals surface area contributed by atoms with E-state index in [1.165, 1.54) is 22.7 Å². The molecule has 0 saturated carbocycles. The number of halogens is 1. The largest absolute Gasteiger partial charge is 0.465 e. The molecule has 0 spiro atoms. The molecule has 0 radical (unpaired) electrons. The van der Waals surface area contributed by atoms with Crippen LogP contribution >= 0.6 is 34.3 Å². The highest BCUT2D eigenvalue weighted by Crippen LogP contribution is 2.22. The number of ether oxygens (including phenoxy) is 1.